The van der Waals surface area contributed by atoms with Crippen LogP contribution in [0.15, 0.2) is 115 Å². The molecular formula is C38H34. The highest BCUT2D eigenvalue weighted by molar-refractivity contribution is 5.88. The third kappa shape index (κ3) is 3.81. The second kappa shape index (κ2) is 8.70. The quantitative estimate of drug-likeness (QED) is 0.235. The molecule has 5 aromatic carbocycles. The first-order valence-electron chi connectivity index (χ1n) is 14.5. The molecule has 0 aliphatic heterocycles. The normalized spacial score (nSPS) is 25.6. The van der Waals surface area contributed by atoms with Crippen molar-refractivity contribution in [3.8, 4) is 33.4 Å². The maximum absolute atomic E-state index is 2.46. The summed E-state index contributed by atoms with van der Waals surface area (Å²) in [5.41, 5.74) is 9.78. The highest BCUT2D eigenvalue weighted by atomic mass is 14.6. The highest BCUT2D eigenvalue weighted by Crippen LogP contribution is 2.60. The van der Waals surface area contributed by atoms with Crippen molar-refractivity contribution in [1.29, 1.82) is 0 Å². The third-order valence-electron chi connectivity index (χ3n) is 10.0. The molecule has 4 aliphatic carbocycles. The Balaban J connectivity index is 1.04. The molecule has 0 heterocycles. The van der Waals surface area contributed by atoms with Gasteiger partial charge in [0.05, 0.1) is 0 Å². The molecule has 4 aliphatic rings. The first-order valence-corrected chi connectivity index (χ1v) is 14.5. The monoisotopic (exact) mass is 490 g/mol. The fraction of sp³-hybridized carbons (Fsp3) is 0.263. The van der Waals surface area contributed by atoms with Crippen molar-refractivity contribution >= 4 is 10.8 Å². The molecule has 4 fully saturated rings. The number of hydrogen-bond acceptors (Lipinski definition) is 0. The van der Waals surface area contributed by atoms with Gasteiger partial charge in [0.2, 0.25) is 0 Å². The van der Waals surface area contributed by atoms with E-state index in [2.05, 4.69) is 115 Å². The van der Waals surface area contributed by atoms with E-state index in [4.69, 9.17) is 0 Å². The molecule has 38 heavy (non-hydrogen) atoms. The highest BCUT2D eigenvalue weighted by Gasteiger charge is 2.51. The van der Waals surface area contributed by atoms with Crippen LogP contribution in [0.1, 0.15) is 44.1 Å². The molecule has 0 aromatic heterocycles. The van der Waals surface area contributed by atoms with Crippen LogP contribution in [-0.2, 0) is 5.41 Å². The van der Waals surface area contributed by atoms with Crippen LogP contribution < -0.4 is 0 Å². The second-order valence-corrected chi connectivity index (χ2v) is 12.5. The second-order valence-electron chi connectivity index (χ2n) is 12.5. The average molecular weight is 491 g/mol. The Morgan fingerprint density at radius 2 is 0.868 bits per heavy atom. The van der Waals surface area contributed by atoms with E-state index in [0.717, 1.165) is 17.8 Å². The first-order chi connectivity index (χ1) is 18.7. The predicted molar refractivity (Wildman–Crippen MR) is 160 cm³/mol. The van der Waals surface area contributed by atoms with E-state index in [-0.39, 0.29) is 0 Å². The van der Waals surface area contributed by atoms with E-state index in [9.17, 15) is 0 Å². The van der Waals surface area contributed by atoms with Gasteiger partial charge in [-0.15, -0.1) is 0 Å². The van der Waals surface area contributed by atoms with Crippen molar-refractivity contribution in [1.82, 2.24) is 0 Å². The van der Waals surface area contributed by atoms with Crippen LogP contribution in [0, 0.1) is 17.8 Å². The molecule has 0 spiro atoms. The summed E-state index contributed by atoms with van der Waals surface area (Å²) in [6.07, 6.45) is 8.83. The molecule has 4 bridgehead atoms. The number of hydrogen-bond donors (Lipinski definition) is 0. The van der Waals surface area contributed by atoms with Crippen molar-refractivity contribution in [2.75, 3.05) is 0 Å². The lowest BCUT2D eigenvalue weighted by Crippen LogP contribution is -2.48. The summed E-state index contributed by atoms with van der Waals surface area (Å²) in [4.78, 5) is 0. The fourth-order valence-corrected chi connectivity index (χ4v) is 8.58. The third-order valence-corrected chi connectivity index (χ3v) is 10.0. The Hall–Kier alpha value is -3.64. The summed E-state index contributed by atoms with van der Waals surface area (Å²) in [7, 11) is 0. The van der Waals surface area contributed by atoms with Gasteiger partial charge in [0.15, 0.2) is 0 Å². The van der Waals surface area contributed by atoms with Crippen LogP contribution >= 0.6 is 0 Å². The van der Waals surface area contributed by atoms with Crippen molar-refractivity contribution in [2.24, 2.45) is 17.8 Å². The van der Waals surface area contributed by atoms with Gasteiger partial charge < -0.3 is 0 Å². The molecule has 186 valence electrons. The summed E-state index contributed by atoms with van der Waals surface area (Å²) >= 11 is 0. The zero-order valence-electron chi connectivity index (χ0n) is 21.9. The van der Waals surface area contributed by atoms with Crippen LogP contribution in [0.5, 0.6) is 0 Å². The first kappa shape index (κ1) is 22.4. The molecule has 5 aromatic rings. The fourth-order valence-electron chi connectivity index (χ4n) is 8.58. The van der Waals surface area contributed by atoms with Crippen LogP contribution in [0.25, 0.3) is 44.2 Å². The van der Waals surface area contributed by atoms with Crippen molar-refractivity contribution in [2.45, 2.75) is 43.9 Å². The summed E-state index contributed by atoms with van der Waals surface area (Å²) in [6.45, 7) is 0. The van der Waals surface area contributed by atoms with E-state index in [0.29, 0.717) is 5.41 Å². The molecular weight excluding hydrogens is 456 g/mol. The van der Waals surface area contributed by atoms with E-state index in [1.165, 1.54) is 82.7 Å². The molecule has 0 saturated heterocycles. The smallest absolute Gasteiger partial charge is 0.00391 e. The Labute approximate surface area is 226 Å². The van der Waals surface area contributed by atoms with Gasteiger partial charge in [-0.1, -0.05) is 103 Å². The molecule has 0 radical (unpaired) electrons. The van der Waals surface area contributed by atoms with Crippen molar-refractivity contribution < 1.29 is 0 Å². The topological polar surface area (TPSA) is 0 Å². The molecule has 9 rings (SSSR count). The number of fused-ring (bicyclic) bond motifs is 1. The Morgan fingerprint density at radius 1 is 0.395 bits per heavy atom. The van der Waals surface area contributed by atoms with Gasteiger partial charge >= 0.3 is 0 Å². The molecule has 0 amide bonds. The molecule has 0 heteroatoms. The lowest BCUT2D eigenvalue weighted by molar-refractivity contribution is -0.00518. The number of rotatable bonds is 4. The summed E-state index contributed by atoms with van der Waals surface area (Å²) in [5.74, 6) is 2.98. The van der Waals surface area contributed by atoms with Crippen molar-refractivity contribution in [3.05, 3.63) is 121 Å². The van der Waals surface area contributed by atoms with E-state index in [1.807, 2.05) is 0 Å². The van der Waals surface area contributed by atoms with Gasteiger partial charge in [0.25, 0.3) is 0 Å². The largest absolute Gasteiger partial charge is 0.0616 e. The Kier molecular flexibility index (Phi) is 5.12. The maximum Gasteiger partial charge on any atom is -0.00391 e. The van der Waals surface area contributed by atoms with Crippen LogP contribution in [0.4, 0.5) is 0 Å². The average Bonchev–Trinajstić information content (AvgIpc) is 2.96. The lowest BCUT2D eigenvalue weighted by atomic mass is 9.48. The van der Waals surface area contributed by atoms with Gasteiger partial charge in [-0.3, -0.25) is 0 Å². The van der Waals surface area contributed by atoms with Gasteiger partial charge in [-0.2, -0.15) is 0 Å². The minimum Gasteiger partial charge on any atom is -0.0616 e. The van der Waals surface area contributed by atoms with Gasteiger partial charge in [0.1, 0.15) is 0 Å². The number of benzene rings is 5. The summed E-state index contributed by atoms with van der Waals surface area (Å²) < 4.78 is 0. The predicted octanol–water partition coefficient (Wildman–Crippen LogP) is 10.3. The van der Waals surface area contributed by atoms with E-state index in [1.54, 1.807) is 5.56 Å². The Bertz CT molecular complexity index is 1580. The van der Waals surface area contributed by atoms with Crippen LogP contribution in [0.2, 0.25) is 0 Å². The zero-order valence-corrected chi connectivity index (χ0v) is 21.9. The minimum atomic E-state index is 0.479. The minimum absolute atomic E-state index is 0.479. The van der Waals surface area contributed by atoms with Gasteiger partial charge in [-0.25, -0.2) is 0 Å². The van der Waals surface area contributed by atoms with Crippen molar-refractivity contribution in [3.63, 3.8) is 0 Å². The molecule has 4 saturated carbocycles. The standard InChI is InChI=1S/C38H34/c1-2-5-33-22-36(13-12-29(33)4-1)35-7-3-6-34(21-35)32-10-8-30(9-11-32)31-14-16-37(17-15-31)38-23-26-18-27(24-38)20-28(19-26)25-38/h1-17,21-22,26-28H,18-20,23-25H2. The SMILES string of the molecule is c1cc(-c2ccc(-c3ccc(C45CC6CC(CC(C6)C4)C5)cc3)cc2)cc(-c2ccc3ccccc3c2)c1. The summed E-state index contributed by atoms with van der Waals surface area (Å²) in [6, 6.07) is 43.1. The maximum atomic E-state index is 2.46. The summed E-state index contributed by atoms with van der Waals surface area (Å²) in [5, 5.41) is 2.57. The molecule has 0 unspecified atom stereocenters. The molecule has 0 nitrogen and oxygen atoms in total. The molecule has 0 atom stereocenters. The Morgan fingerprint density at radius 3 is 1.50 bits per heavy atom. The van der Waals surface area contributed by atoms with Crippen LogP contribution in [0.3, 0.4) is 0 Å². The van der Waals surface area contributed by atoms with E-state index >= 15 is 0 Å². The van der Waals surface area contributed by atoms with Gasteiger partial charge in [-0.05, 0) is 124 Å². The lowest BCUT2D eigenvalue weighted by Gasteiger charge is -2.57. The van der Waals surface area contributed by atoms with E-state index < -0.39 is 0 Å². The zero-order chi connectivity index (χ0) is 25.1. The van der Waals surface area contributed by atoms with Gasteiger partial charge in [0, 0.05) is 0 Å². The van der Waals surface area contributed by atoms with Crippen LogP contribution in [-0.4, -0.2) is 0 Å². The molecule has 0 N–H and O–H groups in total.